The topological polar surface area (TPSA) is 71.3 Å². The highest BCUT2D eigenvalue weighted by atomic mass is 16.5. The molecule has 1 saturated heterocycles. The number of amides is 1. The molecular formula is C15H19N3O2. The second kappa shape index (κ2) is 5.17. The Morgan fingerprint density at radius 3 is 3.20 bits per heavy atom. The summed E-state index contributed by atoms with van der Waals surface area (Å²) in [7, 11) is 1.70. The molecule has 1 aliphatic heterocycles. The van der Waals surface area contributed by atoms with Crippen LogP contribution in [-0.4, -0.2) is 42.6 Å². The fourth-order valence-corrected chi connectivity index (χ4v) is 2.88. The van der Waals surface area contributed by atoms with Gasteiger partial charge in [-0.25, -0.2) is 0 Å². The molecule has 0 aliphatic carbocycles. The molecule has 2 aromatic rings. The van der Waals surface area contributed by atoms with Crippen molar-refractivity contribution in [2.24, 2.45) is 5.92 Å². The highest BCUT2D eigenvalue weighted by molar-refractivity contribution is 6.07. The zero-order chi connectivity index (χ0) is 14.1. The second-order valence-electron chi connectivity index (χ2n) is 5.37. The van der Waals surface area contributed by atoms with Crippen molar-refractivity contribution in [1.29, 1.82) is 0 Å². The van der Waals surface area contributed by atoms with Gasteiger partial charge in [-0.05, 0) is 24.6 Å². The number of rotatable bonds is 3. The fraction of sp³-hybridized carbons (Fsp3) is 0.400. The SMILES string of the molecule is COCC1CCN(C(=O)c2c[nH]c3cc(N)ccc23)C1. The molecule has 2 heterocycles. The van der Waals surface area contributed by atoms with Crippen molar-refractivity contribution in [3.05, 3.63) is 30.0 Å². The monoisotopic (exact) mass is 273 g/mol. The molecule has 0 saturated carbocycles. The van der Waals surface area contributed by atoms with Gasteiger partial charge in [0, 0.05) is 48.9 Å². The lowest BCUT2D eigenvalue weighted by Gasteiger charge is -2.16. The van der Waals surface area contributed by atoms with Crippen LogP contribution in [0, 0.1) is 5.92 Å². The van der Waals surface area contributed by atoms with E-state index in [0.717, 1.165) is 36.0 Å². The minimum Gasteiger partial charge on any atom is -0.399 e. The first-order valence-electron chi connectivity index (χ1n) is 6.84. The maximum atomic E-state index is 12.6. The first-order chi connectivity index (χ1) is 9.69. The summed E-state index contributed by atoms with van der Waals surface area (Å²) in [5.74, 6) is 0.532. The molecule has 0 radical (unpaired) electrons. The van der Waals surface area contributed by atoms with Crippen molar-refractivity contribution in [1.82, 2.24) is 9.88 Å². The van der Waals surface area contributed by atoms with E-state index in [4.69, 9.17) is 10.5 Å². The van der Waals surface area contributed by atoms with Gasteiger partial charge in [0.2, 0.25) is 0 Å². The summed E-state index contributed by atoms with van der Waals surface area (Å²) in [6.07, 6.45) is 2.78. The number of aromatic amines is 1. The summed E-state index contributed by atoms with van der Waals surface area (Å²) < 4.78 is 5.17. The number of methoxy groups -OCH3 is 1. The molecule has 1 atom stereocenters. The highest BCUT2D eigenvalue weighted by Gasteiger charge is 2.28. The van der Waals surface area contributed by atoms with Crippen LogP contribution in [-0.2, 0) is 4.74 Å². The zero-order valence-electron chi connectivity index (χ0n) is 11.6. The van der Waals surface area contributed by atoms with Crippen molar-refractivity contribution in [3.63, 3.8) is 0 Å². The molecule has 1 unspecified atom stereocenters. The van der Waals surface area contributed by atoms with Crippen LogP contribution in [0.5, 0.6) is 0 Å². The fourth-order valence-electron chi connectivity index (χ4n) is 2.88. The van der Waals surface area contributed by atoms with Crippen molar-refractivity contribution in [2.45, 2.75) is 6.42 Å². The second-order valence-corrected chi connectivity index (χ2v) is 5.37. The highest BCUT2D eigenvalue weighted by Crippen LogP contribution is 2.24. The molecule has 0 spiro atoms. The number of nitrogens with two attached hydrogens (primary N) is 1. The van der Waals surface area contributed by atoms with Crippen LogP contribution in [0.3, 0.4) is 0 Å². The first kappa shape index (κ1) is 13.0. The summed E-state index contributed by atoms with van der Waals surface area (Å²) in [4.78, 5) is 17.6. The Labute approximate surface area is 117 Å². The van der Waals surface area contributed by atoms with Crippen molar-refractivity contribution >= 4 is 22.5 Å². The Balaban J connectivity index is 1.83. The van der Waals surface area contributed by atoms with E-state index in [9.17, 15) is 4.79 Å². The largest absolute Gasteiger partial charge is 0.399 e. The molecule has 5 heteroatoms. The number of benzene rings is 1. The van der Waals surface area contributed by atoms with Gasteiger partial charge in [-0.15, -0.1) is 0 Å². The number of carbonyl (C=O) groups is 1. The number of hydrogen-bond donors (Lipinski definition) is 2. The molecule has 5 nitrogen and oxygen atoms in total. The molecule has 20 heavy (non-hydrogen) atoms. The summed E-state index contributed by atoms with van der Waals surface area (Å²) in [5.41, 5.74) is 8.07. The number of nitrogen functional groups attached to an aromatic ring is 1. The molecule has 106 valence electrons. The Morgan fingerprint density at radius 2 is 2.40 bits per heavy atom. The number of hydrogen-bond acceptors (Lipinski definition) is 3. The Hall–Kier alpha value is -2.01. The minimum absolute atomic E-state index is 0.0830. The van der Waals surface area contributed by atoms with Crippen LogP contribution < -0.4 is 5.73 Å². The van der Waals surface area contributed by atoms with Gasteiger partial charge in [0.1, 0.15) is 0 Å². The van der Waals surface area contributed by atoms with E-state index in [1.165, 1.54) is 0 Å². The third-order valence-electron chi connectivity index (χ3n) is 3.91. The van der Waals surface area contributed by atoms with Crippen LogP contribution >= 0.6 is 0 Å². The van der Waals surface area contributed by atoms with E-state index in [-0.39, 0.29) is 5.91 Å². The van der Waals surface area contributed by atoms with Gasteiger partial charge in [0.15, 0.2) is 0 Å². The van der Waals surface area contributed by atoms with Crippen LogP contribution in [0.2, 0.25) is 0 Å². The Morgan fingerprint density at radius 1 is 1.55 bits per heavy atom. The number of aromatic nitrogens is 1. The number of likely N-dealkylation sites (tertiary alicyclic amines) is 1. The minimum atomic E-state index is 0.0830. The van der Waals surface area contributed by atoms with Crippen LogP contribution in [0.1, 0.15) is 16.8 Å². The molecular weight excluding hydrogens is 254 g/mol. The predicted octanol–water partition coefficient (Wildman–Crippen LogP) is 1.86. The van der Waals surface area contributed by atoms with E-state index in [1.54, 1.807) is 13.3 Å². The van der Waals surface area contributed by atoms with Gasteiger partial charge in [0.25, 0.3) is 5.91 Å². The third kappa shape index (κ3) is 2.25. The van der Waals surface area contributed by atoms with E-state index in [0.29, 0.717) is 18.2 Å². The maximum Gasteiger partial charge on any atom is 0.256 e. The summed E-state index contributed by atoms with van der Waals surface area (Å²) in [6.45, 7) is 2.29. The van der Waals surface area contributed by atoms with Crippen molar-refractivity contribution < 1.29 is 9.53 Å². The first-order valence-corrected chi connectivity index (χ1v) is 6.84. The van der Waals surface area contributed by atoms with E-state index < -0.39 is 0 Å². The summed E-state index contributed by atoms with van der Waals surface area (Å²) in [6, 6.07) is 5.57. The van der Waals surface area contributed by atoms with Gasteiger partial charge < -0.3 is 20.4 Å². The lowest BCUT2D eigenvalue weighted by molar-refractivity contribution is 0.0777. The molecule has 3 rings (SSSR count). The van der Waals surface area contributed by atoms with E-state index in [1.807, 2.05) is 23.1 Å². The van der Waals surface area contributed by atoms with E-state index >= 15 is 0 Å². The maximum absolute atomic E-state index is 12.6. The van der Waals surface area contributed by atoms with Crippen molar-refractivity contribution in [3.8, 4) is 0 Å². The van der Waals surface area contributed by atoms with E-state index in [2.05, 4.69) is 4.98 Å². The zero-order valence-corrected chi connectivity index (χ0v) is 11.6. The van der Waals surface area contributed by atoms with Gasteiger partial charge in [0.05, 0.1) is 12.2 Å². The quantitative estimate of drug-likeness (QED) is 0.838. The average molecular weight is 273 g/mol. The van der Waals surface area contributed by atoms with Gasteiger partial charge in [-0.2, -0.15) is 0 Å². The van der Waals surface area contributed by atoms with Gasteiger partial charge >= 0.3 is 0 Å². The number of ether oxygens (including phenoxy) is 1. The molecule has 3 N–H and O–H groups in total. The van der Waals surface area contributed by atoms with Crippen LogP contribution in [0.25, 0.3) is 10.9 Å². The number of carbonyl (C=O) groups excluding carboxylic acids is 1. The van der Waals surface area contributed by atoms with Crippen LogP contribution in [0.4, 0.5) is 5.69 Å². The average Bonchev–Trinajstić information content (AvgIpc) is 3.04. The molecule has 1 amide bonds. The van der Waals surface area contributed by atoms with Crippen molar-refractivity contribution in [2.75, 3.05) is 32.5 Å². The standard InChI is InChI=1S/C15H19N3O2/c1-20-9-10-4-5-18(8-10)15(19)13-7-17-14-6-11(16)2-3-12(13)14/h2-3,6-7,10,17H,4-5,8-9,16H2,1H3. The summed E-state index contributed by atoms with van der Waals surface area (Å²) in [5, 5.41) is 0.930. The Kier molecular flexibility index (Phi) is 3.36. The normalized spacial score (nSPS) is 18.9. The Bertz CT molecular complexity index is 635. The number of H-pyrrole nitrogens is 1. The smallest absolute Gasteiger partial charge is 0.256 e. The van der Waals surface area contributed by atoms with Crippen LogP contribution in [0.15, 0.2) is 24.4 Å². The van der Waals surface area contributed by atoms with Gasteiger partial charge in [-0.3, -0.25) is 4.79 Å². The summed E-state index contributed by atoms with van der Waals surface area (Å²) >= 11 is 0. The molecule has 1 aromatic heterocycles. The van der Waals surface area contributed by atoms with Gasteiger partial charge in [-0.1, -0.05) is 0 Å². The predicted molar refractivity (Wildman–Crippen MR) is 78.6 cm³/mol. The number of fused-ring (bicyclic) bond motifs is 1. The molecule has 1 aliphatic rings. The molecule has 0 bridgehead atoms. The number of nitrogens with zero attached hydrogens (tertiary/aromatic N) is 1. The lowest BCUT2D eigenvalue weighted by atomic mass is 10.1. The lowest BCUT2D eigenvalue weighted by Crippen LogP contribution is -2.29. The molecule has 1 fully saturated rings. The molecule has 1 aromatic carbocycles. The third-order valence-corrected chi connectivity index (χ3v) is 3.91. The number of nitrogens with one attached hydrogen (secondary N) is 1. The number of anilines is 1.